The van der Waals surface area contributed by atoms with Crippen LogP contribution in [0, 0.1) is 5.92 Å². The van der Waals surface area contributed by atoms with E-state index in [1.165, 1.54) is 0 Å². The van der Waals surface area contributed by atoms with Gasteiger partial charge >= 0.3 is 0 Å². The Morgan fingerprint density at radius 3 is 2.45 bits per heavy atom. The zero-order valence-corrected chi connectivity index (χ0v) is 16.9. The highest BCUT2D eigenvalue weighted by Crippen LogP contribution is 2.27. The van der Waals surface area contributed by atoms with Crippen LogP contribution < -0.4 is 0 Å². The first kappa shape index (κ1) is 18.3. The summed E-state index contributed by atoms with van der Waals surface area (Å²) in [7, 11) is -3.46. The van der Waals surface area contributed by atoms with E-state index in [0.29, 0.717) is 23.9 Å². The maximum atomic E-state index is 13.1. The largest absolute Gasteiger partial charge is 0.330 e. The lowest BCUT2D eigenvalue weighted by Crippen LogP contribution is -2.39. The predicted molar refractivity (Wildman–Crippen MR) is 115 cm³/mol. The second kappa shape index (κ2) is 7.28. The second-order valence-corrected chi connectivity index (χ2v) is 9.68. The number of piperidine rings is 1. The molecule has 0 saturated carbocycles. The summed E-state index contributed by atoms with van der Waals surface area (Å²) in [5.74, 6) is 0.454. The van der Waals surface area contributed by atoms with Crippen molar-refractivity contribution in [3.63, 3.8) is 0 Å². The molecular weight excluding hydrogens is 382 g/mol. The number of para-hydroxylation sites is 2. The summed E-state index contributed by atoms with van der Waals surface area (Å²) in [6.07, 6.45) is 3.61. The van der Waals surface area contributed by atoms with Crippen molar-refractivity contribution in [3.05, 3.63) is 73.1 Å². The quantitative estimate of drug-likeness (QED) is 0.509. The SMILES string of the molecule is O=S(=O)(c1ccc2ccccc2c1)N1CCC(Cn2cnc3ccccc32)CC1. The fourth-order valence-electron chi connectivity index (χ4n) is 4.24. The molecule has 1 saturated heterocycles. The maximum Gasteiger partial charge on any atom is 0.243 e. The Hall–Kier alpha value is -2.70. The third kappa shape index (κ3) is 3.43. The van der Waals surface area contributed by atoms with Crippen molar-refractivity contribution >= 4 is 31.8 Å². The molecule has 1 aliphatic heterocycles. The Labute approximate surface area is 170 Å². The van der Waals surface area contributed by atoms with Gasteiger partial charge in [-0.3, -0.25) is 0 Å². The molecule has 148 valence electrons. The number of imidazole rings is 1. The lowest BCUT2D eigenvalue weighted by molar-refractivity contribution is 0.254. The summed E-state index contributed by atoms with van der Waals surface area (Å²) < 4.78 is 30.1. The summed E-state index contributed by atoms with van der Waals surface area (Å²) in [4.78, 5) is 4.84. The van der Waals surface area contributed by atoms with Crippen molar-refractivity contribution in [1.82, 2.24) is 13.9 Å². The number of hydrogen-bond acceptors (Lipinski definition) is 3. The van der Waals surface area contributed by atoms with E-state index in [9.17, 15) is 8.42 Å². The third-order valence-corrected chi connectivity index (χ3v) is 7.81. The molecule has 5 nitrogen and oxygen atoms in total. The highest BCUT2D eigenvalue weighted by molar-refractivity contribution is 7.89. The number of hydrogen-bond donors (Lipinski definition) is 0. The van der Waals surface area contributed by atoms with E-state index in [1.807, 2.05) is 54.9 Å². The molecule has 0 atom stereocenters. The zero-order valence-electron chi connectivity index (χ0n) is 16.1. The molecule has 1 aliphatic rings. The molecule has 3 aromatic carbocycles. The molecule has 2 heterocycles. The Bertz CT molecular complexity index is 1270. The number of aromatic nitrogens is 2. The Balaban J connectivity index is 1.30. The molecule has 0 radical (unpaired) electrons. The fourth-order valence-corrected chi connectivity index (χ4v) is 5.75. The van der Waals surface area contributed by atoms with Crippen LogP contribution in [0.1, 0.15) is 12.8 Å². The van der Waals surface area contributed by atoms with Crippen LogP contribution in [0.4, 0.5) is 0 Å². The van der Waals surface area contributed by atoms with Gasteiger partial charge in [0.2, 0.25) is 10.0 Å². The summed E-state index contributed by atoms with van der Waals surface area (Å²) in [6, 6.07) is 21.4. The lowest BCUT2D eigenvalue weighted by atomic mass is 9.98. The Morgan fingerprint density at radius 1 is 0.897 bits per heavy atom. The number of nitrogens with zero attached hydrogens (tertiary/aromatic N) is 3. The van der Waals surface area contributed by atoms with Gasteiger partial charge in [-0.2, -0.15) is 4.31 Å². The molecule has 0 N–H and O–H groups in total. The highest BCUT2D eigenvalue weighted by atomic mass is 32.2. The number of sulfonamides is 1. The first-order valence-corrected chi connectivity index (χ1v) is 11.4. The van der Waals surface area contributed by atoms with Crippen LogP contribution in [-0.2, 0) is 16.6 Å². The van der Waals surface area contributed by atoms with Gasteiger partial charge in [0.1, 0.15) is 0 Å². The van der Waals surface area contributed by atoms with Gasteiger partial charge in [-0.1, -0.05) is 42.5 Å². The van der Waals surface area contributed by atoms with Crippen LogP contribution in [0.25, 0.3) is 21.8 Å². The first-order chi connectivity index (χ1) is 14.1. The average Bonchev–Trinajstić information content (AvgIpc) is 3.17. The van der Waals surface area contributed by atoms with E-state index >= 15 is 0 Å². The van der Waals surface area contributed by atoms with Crippen molar-refractivity contribution in [2.24, 2.45) is 5.92 Å². The van der Waals surface area contributed by atoms with Crippen LogP contribution in [0.3, 0.4) is 0 Å². The highest BCUT2D eigenvalue weighted by Gasteiger charge is 2.29. The van der Waals surface area contributed by atoms with Crippen LogP contribution in [0.15, 0.2) is 78.0 Å². The Morgan fingerprint density at radius 2 is 1.62 bits per heavy atom. The topological polar surface area (TPSA) is 55.2 Å². The van der Waals surface area contributed by atoms with Crippen LogP contribution >= 0.6 is 0 Å². The van der Waals surface area contributed by atoms with Gasteiger partial charge in [0, 0.05) is 19.6 Å². The number of benzene rings is 3. The van der Waals surface area contributed by atoms with Crippen LogP contribution in [0.5, 0.6) is 0 Å². The van der Waals surface area contributed by atoms with Gasteiger partial charge < -0.3 is 4.57 Å². The van der Waals surface area contributed by atoms with E-state index in [-0.39, 0.29) is 0 Å². The summed E-state index contributed by atoms with van der Waals surface area (Å²) in [5.41, 5.74) is 2.14. The molecule has 0 aliphatic carbocycles. The summed E-state index contributed by atoms with van der Waals surface area (Å²) >= 11 is 0. The fraction of sp³-hybridized carbons (Fsp3) is 0.261. The minimum absolute atomic E-state index is 0.384. The van der Waals surface area contributed by atoms with Gasteiger partial charge in [-0.15, -0.1) is 0 Å². The molecule has 1 fully saturated rings. The summed E-state index contributed by atoms with van der Waals surface area (Å²) in [5, 5.41) is 2.01. The normalized spacial score (nSPS) is 16.6. The van der Waals surface area contributed by atoms with Crippen molar-refractivity contribution in [3.8, 4) is 0 Å². The second-order valence-electron chi connectivity index (χ2n) is 7.74. The summed E-state index contributed by atoms with van der Waals surface area (Å²) in [6.45, 7) is 2.00. The average molecular weight is 406 g/mol. The van der Waals surface area contributed by atoms with Crippen molar-refractivity contribution < 1.29 is 8.42 Å². The Kier molecular flexibility index (Phi) is 4.60. The van der Waals surface area contributed by atoms with Crippen molar-refractivity contribution in [1.29, 1.82) is 0 Å². The molecule has 29 heavy (non-hydrogen) atoms. The zero-order chi connectivity index (χ0) is 19.8. The lowest BCUT2D eigenvalue weighted by Gasteiger charge is -2.31. The van der Waals surface area contributed by atoms with Crippen molar-refractivity contribution in [2.75, 3.05) is 13.1 Å². The minimum atomic E-state index is -3.46. The van der Waals surface area contributed by atoms with Gasteiger partial charge in [0.05, 0.1) is 22.3 Å². The van der Waals surface area contributed by atoms with E-state index in [0.717, 1.165) is 41.2 Å². The molecule has 4 aromatic rings. The molecule has 0 amide bonds. The monoisotopic (exact) mass is 405 g/mol. The molecular formula is C23H23N3O2S. The molecule has 1 aromatic heterocycles. The maximum absolute atomic E-state index is 13.1. The van der Waals surface area contributed by atoms with E-state index in [2.05, 4.69) is 15.6 Å². The van der Waals surface area contributed by atoms with E-state index < -0.39 is 10.0 Å². The van der Waals surface area contributed by atoms with E-state index in [4.69, 9.17) is 0 Å². The molecule has 5 rings (SSSR count). The van der Waals surface area contributed by atoms with Gasteiger partial charge in [0.15, 0.2) is 0 Å². The standard InChI is InChI=1S/C23H23N3O2S/c27-29(28,21-10-9-19-5-1-2-6-20(19)15-21)26-13-11-18(12-14-26)16-25-17-24-22-7-3-4-8-23(22)25/h1-10,15,17-18H,11-14,16H2. The van der Waals surface area contributed by atoms with Gasteiger partial charge in [-0.25, -0.2) is 13.4 Å². The number of fused-ring (bicyclic) bond motifs is 2. The minimum Gasteiger partial charge on any atom is -0.330 e. The molecule has 0 unspecified atom stereocenters. The van der Waals surface area contributed by atoms with Gasteiger partial charge in [0.25, 0.3) is 0 Å². The first-order valence-electron chi connectivity index (χ1n) is 10.00. The molecule has 0 spiro atoms. The molecule has 6 heteroatoms. The predicted octanol–water partition coefficient (Wildman–Crippen LogP) is 4.29. The number of rotatable bonds is 4. The molecule has 0 bridgehead atoms. The van der Waals surface area contributed by atoms with Crippen LogP contribution in [-0.4, -0.2) is 35.4 Å². The third-order valence-electron chi connectivity index (χ3n) is 5.91. The van der Waals surface area contributed by atoms with Crippen molar-refractivity contribution in [2.45, 2.75) is 24.3 Å². The van der Waals surface area contributed by atoms with E-state index in [1.54, 1.807) is 16.4 Å². The van der Waals surface area contributed by atoms with Gasteiger partial charge in [-0.05, 0) is 53.8 Å². The van der Waals surface area contributed by atoms with Crippen LogP contribution in [0.2, 0.25) is 0 Å². The smallest absolute Gasteiger partial charge is 0.243 e.